The largest absolute Gasteiger partial charge is 0.503 e. The van der Waals surface area contributed by atoms with Crippen LogP contribution in [0.5, 0.6) is 0 Å². The van der Waals surface area contributed by atoms with Gasteiger partial charge in [-0.1, -0.05) is 48.5 Å². The van der Waals surface area contributed by atoms with Gasteiger partial charge in [0.15, 0.2) is 11.5 Å². The van der Waals surface area contributed by atoms with Gasteiger partial charge in [-0.05, 0) is 55.2 Å². The van der Waals surface area contributed by atoms with E-state index in [1.54, 1.807) is 62.6 Å². The minimum atomic E-state index is -0.814. The number of hydrogen-bond acceptors (Lipinski definition) is 6. The smallest absolute Gasteiger partial charge is 0.310 e. The third kappa shape index (κ3) is 5.51. The summed E-state index contributed by atoms with van der Waals surface area (Å²) in [6, 6.07) is 19.1. The van der Waals surface area contributed by atoms with Crippen molar-refractivity contribution in [1.29, 1.82) is 0 Å². The fourth-order valence-electron chi connectivity index (χ4n) is 4.29. The third-order valence-corrected chi connectivity index (χ3v) is 5.92. The van der Waals surface area contributed by atoms with Gasteiger partial charge < -0.3 is 9.84 Å². The minimum Gasteiger partial charge on any atom is -0.503 e. The van der Waals surface area contributed by atoms with E-state index < -0.39 is 17.7 Å². The highest BCUT2D eigenvalue weighted by atomic mass is 16.5. The summed E-state index contributed by atoms with van der Waals surface area (Å²) in [5.41, 5.74) is 2.89. The zero-order chi connectivity index (χ0) is 25.7. The van der Waals surface area contributed by atoms with Crippen LogP contribution in [-0.2, 0) is 32.0 Å². The Labute approximate surface area is 210 Å². The number of carbonyl (C=O) groups is 3. The SMILES string of the molecule is CC(C)OC(=O)Cc1ccc(N2C(=O)C(O)=C(C(=O)CCc3ccccc3)C2c2cccnc2)cc1. The molecule has 184 valence electrons. The Morgan fingerprint density at radius 3 is 2.36 bits per heavy atom. The van der Waals surface area contributed by atoms with E-state index in [9.17, 15) is 19.5 Å². The predicted octanol–water partition coefficient (Wildman–Crippen LogP) is 4.68. The lowest BCUT2D eigenvalue weighted by molar-refractivity contribution is -0.146. The molecule has 2 heterocycles. The lowest BCUT2D eigenvalue weighted by atomic mass is 9.94. The van der Waals surface area contributed by atoms with Gasteiger partial charge in [0, 0.05) is 24.5 Å². The van der Waals surface area contributed by atoms with E-state index in [1.165, 1.54) is 4.90 Å². The lowest BCUT2D eigenvalue weighted by Gasteiger charge is -2.27. The van der Waals surface area contributed by atoms with Crippen molar-refractivity contribution in [1.82, 2.24) is 4.98 Å². The van der Waals surface area contributed by atoms with Gasteiger partial charge in [-0.2, -0.15) is 0 Å². The van der Waals surface area contributed by atoms with Gasteiger partial charge in [0.05, 0.1) is 24.1 Å². The Bertz CT molecular complexity index is 1270. The Morgan fingerprint density at radius 2 is 1.72 bits per heavy atom. The molecule has 7 nitrogen and oxygen atoms in total. The number of carbonyl (C=O) groups excluding carboxylic acids is 3. The van der Waals surface area contributed by atoms with Gasteiger partial charge >= 0.3 is 5.97 Å². The zero-order valence-electron chi connectivity index (χ0n) is 20.3. The number of pyridine rings is 1. The van der Waals surface area contributed by atoms with Crippen molar-refractivity contribution >= 4 is 23.3 Å². The first-order valence-corrected chi connectivity index (χ1v) is 11.9. The summed E-state index contributed by atoms with van der Waals surface area (Å²) in [5.74, 6) is -1.84. The van der Waals surface area contributed by atoms with E-state index in [-0.39, 0.29) is 36.3 Å². The standard InChI is InChI=1S/C29H28N2O5/c1-19(2)36-25(33)17-21-10-13-23(14-11-21)31-27(22-9-6-16-30-18-22)26(28(34)29(31)35)24(32)15-12-20-7-4-3-5-8-20/h3-11,13-14,16,18-19,27,34H,12,15,17H2,1-2H3. The average Bonchev–Trinajstić information content (AvgIpc) is 3.14. The number of aromatic nitrogens is 1. The van der Waals surface area contributed by atoms with Gasteiger partial charge in [0.2, 0.25) is 0 Å². The summed E-state index contributed by atoms with van der Waals surface area (Å²) in [7, 11) is 0. The molecular weight excluding hydrogens is 456 g/mol. The van der Waals surface area contributed by atoms with Crippen LogP contribution < -0.4 is 4.90 Å². The fraction of sp³-hybridized carbons (Fsp3) is 0.241. The molecule has 0 saturated heterocycles. The fourth-order valence-corrected chi connectivity index (χ4v) is 4.29. The first kappa shape index (κ1) is 24.9. The number of Topliss-reactive ketones (excluding diaryl/α,β-unsaturated/α-hetero) is 1. The summed E-state index contributed by atoms with van der Waals surface area (Å²) in [6.07, 6.45) is 3.74. The van der Waals surface area contributed by atoms with Crippen LogP contribution in [0.1, 0.15) is 43.0 Å². The molecule has 0 bridgehead atoms. The second-order valence-corrected chi connectivity index (χ2v) is 8.92. The highest BCUT2D eigenvalue weighted by Crippen LogP contribution is 2.41. The maximum absolute atomic E-state index is 13.3. The first-order valence-electron chi connectivity index (χ1n) is 11.9. The second-order valence-electron chi connectivity index (χ2n) is 8.92. The number of ether oxygens (including phenoxy) is 1. The van der Waals surface area contributed by atoms with Crippen LogP contribution in [0.2, 0.25) is 0 Å². The number of hydrogen-bond donors (Lipinski definition) is 1. The van der Waals surface area contributed by atoms with Crippen LogP contribution in [0, 0.1) is 0 Å². The van der Waals surface area contributed by atoms with E-state index in [0.717, 1.165) is 11.1 Å². The lowest BCUT2D eigenvalue weighted by Crippen LogP contribution is -2.31. The number of aryl methyl sites for hydroxylation is 1. The van der Waals surface area contributed by atoms with Crippen molar-refractivity contribution in [2.45, 2.75) is 45.3 Å². The highest BCUT2D eigenvalue weighted by molar-refractivity contribution is 6.16. The van der Waals surface area contributed by atoms with Crippen LogP contribution in [0.4, 0.5) is 5.69 Å². The molecule has 1 N–H and O–H groups in total. The number of amides is 1. The van der Waals surface area contributed by atoms with Crippen molar-refractivity contribution in [3.05, 3.63) is 107 Å². The third-order valence-electron chi connectivity index (χ3n) is 5.92. The van der Waals surface area contributed by atoms with Crippen molar-refractivity contribution in [2.24, 2.45) is 0 Å². The van der Waals surface area contributed by atoms with Crippen molar-refractivity contribution < 1.29 is 24.2 Å². The number of nitrogens with zero attached hydrogens (tertiary/aromatic N) is 2. The molecule has 0 saturated carbocycles. The Kier molecular flexibility index (Phi) is 7.59. The minimum absolute atomic E-state index is 0.0634. The molecule has 36 heavy (non-hydrogen) atoms. The molecular formula is C29H28N2O5. The normalized spacial score (nSPS) is 15.5. The summed E-state index contributed by atoms with van der Waals surface area (Å²) in [4.78, 5) is 44.1. The number of rotatable bonds is 9. The van der Waals surface area contributed by atoms with E-state index in [4.69, 9.17) is 4.74 Å². The maximum Gasteiger partial charge on any atom is 0.310 e. The zero-order valence-corrected chi connectivity index (χ0v) is 20.3. The summed E-state index contributed by atoms with van der Waals surface area (Å²) < 4.78 is 5.20. The first-order chi connectivity index (χ1) is 17.3. The number of aliphatic hydroxyl groups excluding tert-OH is 1. The van der Waals surface area contributed by atoms with Crippen molar-refractivity contribution in [3.63, 3.8) is 0 Å². The van der Waals surface area contributed by atoms with E-state index >= 15 is 0 Å². The van der Waals surface area contributed by atoms with Gasteiger partial charge in [0.1, 0.15) is 0 Å². The molecule has 3 aromatic rings. The van der Waals surface area contributed by atoms with Crippen molar-refractivity contribution in [2.75, 3.05) is 4.90 Å². The van der Waals surface area contributed by atoms with E-state index in [0.29, 0.717) is 17.7 Å². The molecule has 1 aromatic heterocycles. The molecule has 0 aliphatic carbocycles. The molecule has 1 aliphatic heterocycles. The Hall–Kier alpha value is -4.26. The van der Waals surface area contributed by atoms with E-state index in [1.807, 2.05) is 30.3 Å². The quantitative estimate of drug-likeness (QED) is 0.443. The number of esters is 1. The second kappa shape index (κ2) is 11.0. The number of benzene rings is 2. The highest BCUT2D eigenvalue weighted by Gasteiger charge is 2.44. The van der Waals surface area contributed by atoms with Gasteiger partial charge in [-0.15, -0.1) is 0 Å². The van der Waals surface area contributed by atoms with Gasteiger partial charge in [0.25, 0.3) is 5.91 Å². The number of aliphatic hydroxyl groups is 1. The summed E-state index contributed by atoms with van der Waals surface area (Å²) in [5, 5.41) is 10.8. The van der Waals surface area contributed by atoms with Gasteiger partial charge in [-0.3, -0.25) is 24.3 Å². The van der Waals surface area contributed by atoms with E-state index in [2.05, 4.69) is 4.98 Å². The summed E-state index contributed by atoms with van der Waals surface area (Å²) in [6.45, 7) is 3.58. The Balaban J connectivity index is 1.62. The molecule has 7 heteroatoms. The average molecular weight is 485 g/mol. The molecule has 0 spiro atoms. The van der Waals surface area contributed by atoms with Gasteiger partial charge in [-0.25, -0.2) is 0 Å². The van der Waals surface area contributed by atoms with Crippen LogP contribution in [-0.4, -0.2) is 33.9 Å². The van der Waals surface area contributed by atoms with Crippen LogP contribution in [0.25, 0.3) is 0 Å². The maximum atomic E-state index is 13.3. The van der Waals surface area contributed by atoms with Crippen LogP contribution >= 0.6 is 0 Å². The molecule has 1 unspecified atom stereocenters. The molecule has 1 amide bonds. The monoisotopic (exact) mass is 484 g/mol. The Morgan fingerprint density at radius 1 is 1.00 bits per heavy atom. The molecule has 2 aromatic carbocycles. The molecule has 1 atom stereocenters. The topological polar surface area (TPSA) is 96.8 Å². The summed E-state index contributed by atoms with van der Waals surface area (Å²) >= 11 is 0. The molecule has 0 fully saturated rings. The van der Waals surface area contributed by atoms with Crippen molar-refractivity contribution in [3.8, 4) is 0 Å². The molecule has 1 aliphatic rings. The molecule has 0 radical (unpaired) electrons. The van der Waals surface area contributed by atoms with Crippen LogP contribution in [0.15, 0.2) is 90.5 Å². The van der Waals surface area contributed by atoms with Crippen LogP contribution in [0.3, 0.4) is 0 Å². The number of ketones is 1. The number of anilines is 1. The molecule has 4 rings (SSSR count). The predicted molar refractivity (Wildman–Crippen MR) is 135 cm³/mol.